The van der Waals surface area contributed by atoms with Gasteiger partial charge in [-0.1, -0.05) is 46.3 Å². The summed E-state index contributed by atoms with van der Waals surface area (Å²) < 4.78 is 27.4. The third kappa shape index (κ3) is 2.08. The first-order valence-corrected chi connectivity index (χ1v) is 9.58. The maximum Gasteiger partial charge on any atom is 0.266 e. The number of amides is 1. The van der Waals surface area contributed by atoms with Gasteiger partial charge in [-0.25, -0.2) is 12.7 Å². The van der Waals surface area contributed by atoms with Gasteiger partial charge in [0.05, 0.1) is 10.3 Å². The molecule has 2 aromatic rings. The van der Waals surface area contributed by atoms with Gasteiger partial charge in [0.25, 0.3) is 10.0 Å². The number of hydrogen-bond donors (Lipinski definition) is 0. The van der Waals surface area contributed by atoms with Crippen LogP contribution in [-0.4, -0.2) is 25.2 Å². The van der Waals surface area contributed by atoms with Crippen molar-refractivity contribution >= 4 is 31.9 Å². The van der Waals surface area contributed by atoms with Gasteiger partial charge in [0.2, 0.25) is 5.91 Å². The van der Waals surface area contributed by atoms with Crippen LogP contribution in [0.15, 0.2) is 64.0 Å². The predicted octanol–water partition coefficient (Wildman–Crippen LogP) is 2.94. The van der Waals surface area contributed by atoms with Crippen molar-refractivity contribution in [2.75, 3.05) is 6.54 Å². The van der Waals surface area contributed by atoms with Crippen molar-refractivity contribution in [3.8, 4) is 0 Å². The van der Waals surface area contributed by atoms with Crippen LogP contribution in [0.5, 0.6) is 0 Å². The average Bonchev–Trinajstić information content (AvgIpc) is 3.21. The summed E-state index contributed by atoms with van der Waals surface area (Å²) >= 11 is 3.29. The smallest absolute Gasteiger partial charge is 0.266 e. The summed E-state index contributed by atoms with van der Waals surface area (Å²) in [6.45, 7) is 0.270. The van der Waals surface area contributed by atoms with Crippen LogP contribution >= 0.6 is 15.9 Å². The van der Waals surface area contributed by atoms with Gasteiger partial charge in [-0.05, 0) is 42.2 Å². The molecule has 0 spiro atoms. The topological polar surface area (TPSA) is 54.5 Å². The van der Waals surface area contributed by atoms with E-state index in [1.165, 1.54) is 12.1 Å². The normalized spacial score (nSPS) is 26.2. The first-order chi connectivity index (χ1) is 11.0. The quantitative estimate of drug-likeness (QED) is 0.807. The van der Waals surface area contributed by atoms with E-state index in [2.05, 4.69) is 15.9 Å². The highest BCUT2D eigenvalue weighted by Gasteiger charge is 2.69. The molecule has 0 bridgehead atoms. The lowest BCUT2D eigenvalue weighted by Gasteiger charge is -2.21. The zero-order valence-corrected chi connectivity index (χ0v) is 14.5. The second-order valence-corrected chi connectivity index (χ2v) is 8.81. The van der Waals surface area contributed by atoms with Crippen molar-refractivity contribution in [3.05, 3.63) is 64.6 Å². The number of halogens is 1. The molecule has 4 nitrogen and oxygen atoms in total. The summed E-state index contributed by atoms with van der Waals surface area (Å²) in [5.74, 6) is -0.209. The van der Waals surface area contributed by atoms with E-state index in [9.17, 15) is 13.2 Å². The molecule has 2 aromatic carbocycles. The molecule has 1 saturated heterocycles. The Morgan fingerprint density at radius 2 is 1.70 bits per heavy atom. The number of nitrogens with zero attached hydrogens (tertiary/aromatic N) is 1. The van der Waals surface area contributed by atoms with Gasteiger partial charge in [-0.2, -0.15) is 0 Å². The molecular weight excluding hydrogens is 378 g/mol. The van der Waals surface area contributed by atoms with Crippen LogP contribution in [-0.2, 0) is 20.2 Å². The summed E-state index contributed by atoms with van der Waals surface area (Å²) in [5, 5.41) is 0. The fourth-order valence-corrected chi connectivity index (χ4v) is 5.23. The fraction of sp³-hybridized carbons (Fsp3) is 0.235. The number of piperidine rings is 1. The molecule has 118 valence electrons. The van der Waals surface area contributed by atoms with Gasteiger partial charge in [-0.3, -0.25) is 4.79 Å². The SMILES string of the molecule is O=C1N(S(=O)(=O)c2ccc(Br)cc2)CC2CC12c1ccccc1. The van der Waals surface area contributed by atoms with Gasteiger partial charge < -0.3 is 0 Å². The number of sulfonamides is 1. The molecule has 4 rings (SSSR count). The number of carbonyl (C=O) groups excluding carboxylic acids is 1. The third-order valence-electron chi connectivity index (χ3n) is 4.79. The molecule has 0 aromatic heterocycles. The molecule has 2 atom stereocenters. The zero-order chi connectivity index (χ0) is 16.2. The zero-order valence-electron chi connectivity index (χ0n) is 12.1. The van der Waals surface area contributed by atoms with Gasteiger partial charge >= 0.3 is 0 Å². The van der Waals surface area contributed by atoms with Crippen LogP contribution in [0.25, 0.3) is 0 Å². The number of carbonyl (C=O) groups is 1. The van der Waals surface area contributed by atoms with Crippen LogP contribution in [0.1, 0.15) is 12.0 Å². The van der Waals surface area contributed by atoms with Crippen molar-refractivity contribution in [2.45, 2.75) is 16.7 Å². The standard InChI is InChI=1S/C17H14BrNO3S/c18-14-6-8-15(9-7-14)23(21,22)19-11-13-10-17(13,16(19)20)12-4-2-1-3-5-12/h1-9,13H,10-11H2. The minimum atomic E-state index is -3.79. The van der Waals surface area contributed by atoms with E-state index in [4.69, 9.17) is 0 Å². The summed E-state index contributed by atoms with van der Waals surface area (Å²) in [6, 6.07) is 15.9. The molecule has 1 aliphatic heterocycles. The van der Waals surface area contributed by atoms with Crippen molar-refractivity contribution in [1.29, 1.82) is 0 Å². The molecule has 1 heterocycles. The molecule has 2 unspecified atom stereocenters. The minimum Gasteiger partial charge on any atom is -0.273 e. The monoisotopic (exact) mass is 391 g/mol. The Kier molecular flexibility index (Phi) is 3.19. The van der Waals surface area contributed by atoms with Crippen LogP contribution in [0.2, 0.25) is 0 Å². The molecule has 23 heavy (non-hydrogen) atoms. The number of hydrogen-bond acceptors (Lipinski definition) is 3. The van der Waals surface area contributed by atoms with E-state index in [1.807, 2.05) is 30.3 Å². The second kappa shape index (κ2) is 4.92. The Hall–Kier alpha value is -1.66. The molecule has 6 heteroatoms. The summed E-state index contributed by atoms with van der Waals surface area (Å²) in [4.78, 5) is 13.0. The fourth-order valence-electron chi connectivity index (χ4n) is 3.47. The van der Waals surface area contributed by atoms with E-state index < -0.39 is 15.4 Å². The highest BCUT2D eigenvalue weighted by molar-refractivity contribution is 9.10. The van der Waals surface area contributed by atoms with Crippen LogP contribution in [0.4, 0.5) is 0 Å². The molecule has 1 saturated carbocycles. The molecule has 0 radical (unpaired) electrons. The lowest BCUT2D eigenvalue weighted by Crippen LogP contribution is -2.38. The first kappa shape index (κ1) is 14.9. The molecule has 1 aliphatic carbocycles. The molecule has 1 amide bonds. The highest BCUT2D eigenvalue weighted by atomic mass is 79.9. The van der Waals surface area contributed by atoms with Crippen molar-refractivity contribution in [2.24, 2.45) is 5.92 Å². The van der Waals surface area contributed by atoms with Gasteiger partial charge in [0, 0.05) is 11.0 Å². The van der Waals surface area contributed by atoms with E-state index >= 15 is 0 Å². The number of benzene rings is 2. The van der Waals surface area contributed by atoms with Crippen LogP contribution < -0.4 is 0 Å². The van der Waals surface area contributed by atoms with Crippen molar-refractivity contribution in [3.63, 3.8) is 0 Å². The Labute approximate surface area is 143 Å². The van der Waals surface area contributed by atoms with Gasteiger partial charge in [-0.15, -0.1) is 0 Å². The van der Waals surface area contributed by atoms with Crippen LogP contribution in [0, 0.1) is 5.92 Å². The van der Waals surface area contributed by atoms with E-state index in [1.54, 1.807) is 12.1 Å². The average molecular weight is 392 g/mol. The number of rotatable bonds is 3. The summed E-state index contributed by atoms with van der Waals surface area (Å²) in [5.41, 5.74) is 0.285. The molecule has 0 N–H and O–H groups in total. The van der Waals surface area contributed by atoms with Crippen LogP contribution in [0.3, 0.4) is 0 Å². The first-order valence-electron chi connectivity index (χ1n) is 7.34. The Morgan fingerprint density at radius 3 is 2.35 bits per heavy atom. The second-order valence-electron chi connectivity index (χ2n) is 6.03. The Morgan fingerprint density at radius 1 is 1.04 bits per heavy atom. The molecule has 2 aliphatic rings. The van der Waals surface area contributed by atoms with E-state index in [-0.39, 0.29) is 23.3 Å². The third-order valence-corrected chi connectivity index (χ3v) is 7.08. The summed E-state index contributed by atoms with van der Waals surface area (Å²) in [7, 11) is -3.79. The van der Waals surface area contributed by atoms with E-state index in [0.29, 0.717) is 0 Å². The van der Waals surface area contributed by atoms with E-state index in [0.717, 1.165) is 20.8 Å². The predicted molar refractivity (Wildman–Crippen MR) is 89.3 cm³/mol. The van der Waals surface area contributed by atoms with Crippen molar-refractivity contribution in [1.82, 2.24) is 4.31 Å². The molecular formula is C17H14BrNO3S. The highest BCUT2D eigenvalue weighted by Crippen LogP contribution is 2.60. The largest absolute Gasteiger partial charge is 0.273 e. The molecule has 2 fully saturated rings. The van der Waals surface area contributed by atoms with Gasteiger partial charge in [0.1, 0.15) is 0 Å². The lowest BCUT2D eigenvalue weighted by atomic mass is 9.94. The summed E-state index contributed by atoms with van der Waals surface area (Å²) in [6.07, 6.45) is 0.738. The lowest BCUT2D eigenvalue weighted by molar-refractivity contribution is -0.126. The Balaban J connectivity index is 1.71. The van der Waals surface area contributed by atoms with Crippen molar-refractivity contribution < 1.29 is 13.2 Å². The van der Waals surface area contributed by atoms with Gasteiger partial charge in [0.15, 0.2) is 0 Å². The maximum atomic E-state index is 12.9. The maximum absolute atomic E-state index is 12.9. The number of fused-ring (bicyclic) bond motifs is 1. The minimum absolute atomic E-state index is 0.0858. The Bertz CT molecular complexity index is 880.